The van der Waals surface area contributed by atoms with Crippen LogP contribution in [0.15, 0.2) is 59.5 Å². The Balaban J connectivity index is 1.34. The van der Waals surface area contributed by atoms with E-state index in [-0.39, 0.29) is 11.5 Å². The first-order valence-electron chi connectivity index (χ1n) is 9.10. The Morgan fingerprint density at radius 2 is 1.74 bits per heavy atom. The number of carbonyl (C=O) groups is 1. The zero-order valence-electron chi connectivity index (χ0n) is 15.0. The van der Waals surface area contributed by atoms with Crippen LogP contribution in [0.5, 0.6) is 0 Å². The number of hydrogen-bond acceptors (Lipinski definition) is 5. The number of fused-ring (bicyclic) bond motifs is 1. The molecule has 27 heavy (non-hydrogen) atoms. The summed E-state index contributed by atoms with van der Waals surface area (Å²) in [7, 11) is 0. The second-order valence-corrected chi connectivity index (χ2v) is 6.61. The molecule has 0 N–H and O–H groups in total. The van der Waals surface area contributed by atoms with E-state index in [0.717, 1.165) is 30.5 Å². The highest BCUT2D eigenvalue weighted by molar-refractivity contribution is 5.95. The van der Waals surface area contributed by atoms with E-state index >= 15 is 0 Å². The molecule has 3 aromatic rings. The summed E-state index contributed by atoms with van der Waals surface area (Å²) >= 11 is 0. The third kappa shape index (κ3) is 3.88. The van der Waals surface area contributed by atoms with Crippen molar-refractivity contribution in [2.75, 3.05) is 32.7 Å². The van der Waals surface area contributed by atoms with Crippen LogP contribution in [-0.4, -0.2) is 63.2 Å². The largest absolute Gasteiger partial charge is 0.335 e. The molecular formula is C20H21N5O2. The second-order valence-electron chi connectivity index (χ2n) is 6.61. The highest BCUT2D eigenvalue weighted by atomic mass is 16.2. The minimum absolute atomic E-state index is 0.0265. The first kappa shape index (κ1) is 17.4. The minimum Gasteiger partial charge on any atom is -0.335 e. The average molecular weight is 363 g/mol. The van der Waals surface area contributed by atoms with Gasteiger partial charge in [-0.3, -0.25) is 14.5 Å². The molecule has 0 bridgehead atoms. The van der Waals surface area contributed by atoms with Crippen molar-refractivity contribution in [3.63, 3.8) is 0 Å². The van der Waals surface area contributed by atoms with E-state index in [2.05, 4.69) is 15.0 Å². The van der Waals surface area contributed by atoms with Crippen molar-refractivity contribution in [1.29, 1.82) is 0 Å². The fourth-order valence-electron chi connectivity index (χ4n) is 3.31. The maximum Gasteiger partial charge on any atom is 0.272 e. The quantitative estimate of drug-likeness (QED) is 0.698. The number of benzene rings is 1. The van der Waals surface area contributed by atoms with Gasteiger partial charge in [-0.2, -0.15) is 5.10 Å². The molecule has 0 spiro atoms. The van der Waals surface area contributed by atoms with Crippen molar-refractivity contribution in [2.24, 2.45) is 0 Å². The fraction of sp³-hybridized carbons (Fsp3) is 0.300. The molecule has 4 rings (SSSR count). The lowest BCUT2D eigenvalue weighted by Gasteiger charge is -2.34. The van der Waals surface area contributed by atoms with Crippen LogP contribution in [0, 0.1) is 0 Å². The highest BCUT2D eigenvalue weighted by Crippen LogP contribution is 2.14. The van der Waals surface area contributed by atoms with Crippen LogP contribution in [0.25, 0.3) is 10.9 Å². The molecule has 1 saturated heterocycles. The number of nitrogens with zero attached hydrogens (tertiary/aromatic N) is 5. The van der Waals surface area contributed by atoms with Crippen LogP contribution in [0.4, 0.5) is 0 Å². The summed E-state index contributed by atoms with van der Waals surface area (Å²) in [6.45, 7) is 4.17. The average Bonchev–Trinajstić information content (AvgIpc) is 2.73. The van der Waals surface area contributed by atoms with Gasteiger partial charge in [0.25, 0.3) is 11.5 Å². The Morgan fingerprint density at radius 3 is 2.56 bits per heavy atom. The SMILES string of the molecule is O=C(c1ccc2ccccc2n1)N1CCN(CCn2ncccc2=O)CC1. The van der Waals surface area contributed by atoms with Crippen molar-refractivity contribution >= 4 is 16.8 Å². The predicted molar refractivity (Wildman–Crippen MR) is 103 cm³/mol. The Kier molecular flexibility index (Phi) is 4.93. The van der Waals surface area contributed by atoms with Crippen LogP contribution < -0.4 is 5.56 Å². The van der Waals surface area contributed by atoms with Gasteiger partial charge in [-0.1, -0.05) is 24.3 Å². The minimum atomic E-state index is -0.0892. The zero-order valence-corrected chi connectivity index (χ0v) is 15.0. The molecule has 0 unspecified atom stereocenters. The van der Waals surface area contributed by atoms with Gasteiger partial charge in [-0.15, -0.1) is 0 Å². The summed E-state index contributed by atoms with van der Waals surface area (Å²) < 4.78 is 1.47. The lowest BCUT2D eigenvalue weighted by Crippen LogP contribution is -2.49. The summed E-state index contributed by atoms with van der Waals surface area (Å²) in [6, 6.07) is 14.7. The van der Waals surface area contributed by atoms with E-state index < -0.39 is 0 Å². The molecule has 138 valence electrons. The van der Waals surface area contributed by atoms with E-state index in [1.54, 1.807) is 18.3 Å². The lowest BCUT2D eigenvalue weighted by molar-refractivity contribution is 0.0626. The van der Waals surface area contributed by atoms with Crippen LogP contribution >= 0.6 is 0 Å². The van der Waals surface area contributed by atoms with Gasteiger partial charge in [0.05, 0.1) is 12.1 Å². The van der Waals surface area contributed by atoms with Crippen LogP contribution in [0.1, 0.15) is 10.5 Å². The third-order valence-electron chi connectivity index (χ3n) is 4.89. The number of rotatable bonds is 4. The van der Waals surface area contributed by atoms with Crippen LogP contribution in [-0.2, 0) is 6.54 Å². The van der Waals surface area contributed by atoms with Gasteiger partial charge in [-0.25, -0.2) is 9.67 Å². The predicted octanol–water partition coefficient (Wildman–Crippen LogP) is 1.25. The molecule has 1 aliphatic heterocycles. The monoisotopic (exact) mass is 363 g/mol. The van der Waals surface area contributed by atoms with Crippen molar-refractivity contribution in [3.8, 4) is 0 Å². The molecule has 1 amide bonds. The molecule has 7 nitrogen and oxygen atoms in total. The standard InChI is InChI=1S/C20H21N5O2/c26-19-6-3-9-21-25(19)15-12-23-10-13-24(14-11-23)20(27)18-8-7-16-4-1-2-5-17(16)22-18/h1-9H,10-15H2. The molecule has 0 aliphatic carbocycles. The van der Waals surface area contributed by atoms with E-state index in [1.165, 1.54) is 10.7 Å². The first-order valence-corrected chi connectivity index (χ1v) is 9.10. The van der Waals surface area contributed by atoms with Gasteiger partial charge in [0.2, 0.25) is 0 Å². The van der Waals surface area contributed by atoms with E-state index in [0.29, 0.717) is 25.3 Å². The Bertz CT molecular complexity index is 1010. The molecule has 3 heterocycles. The van der Waals surface area contributed by atoms with Crippen LogP contribution in [0.2, 0.25) is 0 Å². The van der Waals surface area contributed by atoms with E-state index in [4.69, 9.17) is 0 Å². The Hall–Kier alpha value is -3.06. The summed E-state index contributed by atoms with van der Waals surface area (Å²) in [6.07, 6.45) is 1.62. The zero-order chi connectivity index (χ0) is 18.6. The van der Waals surface area contributed by atoms with Gasteiger partial charge < -0.3 is 4.90 Å². The van der Waals surface area contributed by atoms with Crippen molar-refractivity contribution in [3.05, 3.63) is 70.8 Å². The number of amides is 1. The molecule has 7 heteroatoms. The summed E-state index contributed by atoms with van der Waals surface area (Å²) in [5.74, 6) is -0.0265. The summed E-state index contributed by atoms with van der Waals surface area (Å²) in [5, 5.41) is 5.11. The number of pyridine rings is 1. The maximum absolute atomic E-state index is 12.8. The first-order chi connectivity index (χ1) is 13.2. The summed E-state index contributed by atoms with van der Waals surface area (Å²) in [4.78, 5) is 33.1. The second kappa shape index (κ2) is 7.67. The maximum atomic E-state index is 12.8. The van der Waals surface area contributed by atoms with Gasteiger partial charge in [0.1, 0.15) is 5.69 Å². The van der Waals surface area contributed by atoms with Crippen molar-refractivity contribution in [1.82, 2.24) is 24.6 Å². The van der Waals surface area contributed by atoms with Gasteiger partial charge in [0.15, 0.2) is 0 Å². The number of carbonyl (C=O) groups excluding carboxylic acids is 1. The smallest absolute Gasteiger partial charge is 0.272 e. The molecule has 2 aromatic heterocycles. The number of aromatic nitrogens is 3. The topological polar surface area (TPSA) is 71.3 Å². The normalized spacial score (nSPS) is 15.2. The van der Waals surface area contributed by atoms with Crippen molar-refractivity contribution in [2.45, 2.75) is 6.54 Å². The number of piperazine rings is 1. The van der Waals surface area contributed by atoms with E-state index in [9.17, 15) is 9.59 Å². The molecule has 0 saturated carbocycles. The number of hydrogen-bond donors (Lipinski definition) is 0. The molecule has 0 atom stereocenters. The van der Waals surface area contributed by atoms with Crippen molar-refractivity contribution < 1.29 is 4.79 Å². The summed E-state index contributed by atoms with van der Waals surface area (Å²) in [5.41, 5.74) is 1.23. The van der Waals surface area contributed by atoms with Gasteiger partial charge >= 0.3 is 0 Å². The molecule has 0 radical (unpaired) electrons. The third-order valence-corrected chi connectivity index (χ3v) is 4.89. The molecular weight excluding hydrogens is 342 g/mol. The van der Waals surface area contributed by atoms with Gasteiger partial charge in [0, 0.05) is 50.4 Å². The lowest BCUT2D eigenvalue weighted by atomic mass is 10.2. The fourth-order valence-corrected chi connectivity index (χ4v) is 3.31. The Labute approximate surface area is 156 Å². The molecule has 1 aliphatic rings. The van der Waals surface area contributed by atoms with Gasteiger partial charge in [-0.05, 0) is 18.2 Å². The molecule has 1 aromatic carbocycles. The van der Waals surface area contributed by atoms with Crippen LogP contribution in [0.3, 0.4) is 0 Å². The Morgan fingerprint density at radius 1 is 0.926 bits per heavy atom. The molecule has 1 fully saturated rings. The number of para-hydroxylation sites is 1. The van der Waals surface area contributed by atoms with E-state index in [1.807, 2.05) is 35.2 Å². The highest BCUT2D eigenvalue weighted by Gasteiger charge is 2.23.